The first kappa shape index (κ1) is 24.4. The van der Waals surface area contributed by atoms with Crippen LogP contribution in [-0.4, -0.2) is 45.3 Å². The van der Waals surface area contributed by atoms with E-state index in [0.717, 1.165) is 42.0 Å². The highest BCUT2D eigenvalue weighted by molar-refractivity contribution is 6.31. The molecule has 32 heavy (non-hydrogen) atoms. The summed E-state index contributed by atoms with van der Waals surface area (Å²) in [6.45, 7) is 7.62. The van der Waals surface area contributed by atoms with Gasteiger partial charge in [0.1, 0.15) is 0 Å². The first-order valence-electron chi connectivity index (χ1n) is 11.9. The van der Waals surface area contributed by atoms with Crippen molar-refractivity contribution in [2.24, 2.45) is 5.92 Å². The van der Waals surface area contributed by atoms with E-state index < -0.39 is 0 Å². The van der Waals surface area contributed by atoms with Gasteiger partial charge in [-0.05, 0) is 43.5 Å². The second kappa shape index (κ2) is 11.6. The van der Waals surface area contributed by atoms with E-state index in [0.29, 0.717) is 19.6 Å². The average Bonchev–Trinajstić information content (AvgIpc) is 3.23. The average molecular weight is 458 g/mol. The van der Waals surface area contributed by atoms with Crippen LogP contribution >= 0.6 is 11.6 Å². The summed E-state index contributed by atoms with van der Waals surface area (Å²) in [7, 11) is 0. The van der Waals surface area contributed by atoms with E-state index in [4.69, 9.17) is 11.6 Å². The van der Waals surface area contributed by atoms with E-state index in [2.05, 4.69) is 10.6 Å². The molecule has 0 spiro atoms. The van der Waals surface area contributed by atoms with Crippen molar-refractivity contribution in [3.8, 4) is 0 Å². The minimum atomic E-state index is -0.112. The van der Waals surface area contributed by atoms with Crippen molar-refractivity contribution >= 4 is 23.4 Å². The van der Waals surface area contributed by atoms with Crippen molar-refractivity contribution < 1.29 is 9.59 Å². The fourth-order valence-electron chi connectivity index (χ4n) is 4.51. The molecule has 0 radical (unpaired) electrons. The van der Waals surface area contributed by atoms with Crippen molar-refractivity contribution in [1.29, 1.82) is 0 Å². The molecule has 5 nitrogen and oxygen atoms in total. The summed E-state index contributed by atoms with van der Waals surface area (Å²) in [6, 6.07) is 12.2. The molecule has 0 unspecified atom stereocenters. The van der Waals surface area contributed by atoms with Crippen molar-refractivity contribution in [2.45, 2.75) is 72.0 Å². The molecule has 174 valence electrons. The lowest BCUT2D eigenvalue weighted by atomic mass is 9.94. The number of aromatic nitrogens is 1. The van der Waals surface area contributed by atoms with Crippen LogP contribution in [0.1, 0.15) is 64.1 Å². The van der Waals surface area contributed by atoms with E-state index in [1.54, 1.807) is 4.90 Å². The standard InChI is InChI=1S/C26H36ClN3O2/c1-4-28(26(32)20(2)3)19-25(31)30(22-12-6-5-7-13-22)18-23-14-10-16-29(23)17-21-11-8-9-15-24(21)27/h8-11,14-16,20,22H,4-7,12-13,17-19H2,1-3H3. The van der Waals surface area contributed by atoms with Gasteiger partial charge < -0.3 is 14.4 Å². The van der Waals surface area contributed by atoms with Crippen LogP contribution in [0.2, 0.25) is 5.02 Å². The Bertz CT molecular complexity index is 902. The Morgan fingerprint density at radius 3 is 2.47 bits per heavy atom. The molecular weight excluding hydrogens is 422 g/mol. The van der Waals surface area contributed by atoms with Crippen LogP contribution in [-0.2, 0) is 22.7 Å². The van der Waals surface area contributed by atoms with Gasteiger partial charge in [0, 0.05) is 42.0 Å². The van der Waals surface area contributed by atoms with Gasteiger partial charge in [0.2, 0.25) is 11.8 Å². The summed E-state index contributed by atoms with van der Waals surface area (Å²) < 4.78 is 2.17. The minimum absolute atomic E-state index is 0.0338. The smallest absolute Gasteiger partial charge is 0.242 e. The Hall–Kier alpha value is -2.27. The number of halogens is 1. The Morgan fingerprint density at radius 1 is 1.09 bits per heavy atom. The molecule has 1 aromatic carbocycles. The SMILES string of the molecule is CCN(CC(=O)N(Cc1cccn1Cc1ccccc1Cl)C1CCCCC1)C(=O)C(C)C. The molecule has 1 fully saturated rings. The number of hydrogen-bond donors (Lipinski definition) is 0. The molecule has 6 heteroatoms. The molecule has 1 aliphatic rings. The highest BCUT2D eigenvalue weighted by Gasteiger charge is 2.29. The Kier molecular flexibility index (Phi) is 8.80. The summed E-state index contributed by atoms with van der Waals surface area (Å²) >= 11 is 6.38. The molecule has 0 bridgehead atoms. The van der Waals surface area contributed by atoms with Gasteiger partial charge in [0.25, 0.3) is 0 Å². The van der Waals surface area contributed by atoms with E-state index in [9.17, 15) is 9.59 Å². The Morgan fingerprint density at radius 2 is 1.81 bits per heavy atom. The summed E-state index contributed by atoms with van der Waals surface area (Å²) in [5, 5.41) is 0.748. The molecule has 1 saturated carbocycles. The molecule has 0 aliphatic heterocycles. The van der Waals surface area contributed by atoms with Crippen LogP contribution in [0.15, 0.2) is 42.6 Å². The van der Waals surface area contributed by atoms with Gasteiger partial charge in [-0.3, -0.25) is 9.59 Å². The highest BCUT2D eigenvalue weighted by Crippen LogP contribution is 2.25. The molecule has 1 aromatic heterocycles. The molecule has 2 aromatic rings. The van der Waals surface area contributed by atoms with Crippen molar-refractivity contribution in [2.75, 3.05) is 13.1 Å². The fourth-order valence-corrected chi connectivity index (χ4v) is 4.71. The van der Waals surface area contributed by atoms with Crippen LogP contribution in [0.4, 0.5) is 0 Å². The molecule has 0 atom stereocenters. The fraction of sp³-hybridized carbons (Fsp3) is 0.538. The van der Waals surface area contributed by atoms with Crippen LogP contribution in [0, 0.1) is 5.92 Å². The molecule has 1 aliphatic carbocycles. The summed E-state index contributed by atoms with van der Waals surface area (Å²) in [4.78, 5) is 29.8. The molecule has 2 amide bonds. The second-order valence-electron chi connectivity index (χ2n) is 9.04. The van der Waals surface area contributed by atoms with Gasteiger partial charge in [0.05, 0.1) is 13.1 Å². The van der Waals surface area contributed by atoms with E-state index >= 15 is 0 Å². The molecule has 0 N–H and O–H groups in total. The van der Waals surface area contributed by atoms with Crippen molar-refractivity contribution in [3.05, 3.63) is 58.9 Å². The topological polar surface area (TPSA) is 45.6 Å². The first-order chi connectivity index (χ1) is 15.4. The zero-order valence-corrected chi connectivity index (χ0v) is 20.4. The van der Waals surface area contributed by atoms with E-state index in [1.165, 1.54) is 6.42 Å². The second-order valence-corrected chi connectivity index (χ2v) is 9.45. The van der Waals surface area contributed by atoms with E-state index in [1.807, 2.05) is 62.2 Å². The van der Waals surface area contributed by atoms with Gasteiger partial charge in [-0.1, -0.05) is 62.9 Å². The van der Waals surface area contributed by atoms with Crippen LogP contribution in [0.3, 0.4) is 0 Å². The number of rotatable bonds is 9. The van der Waals surface area contributed by atoms with Crippen LogP contribution < -0.4 is 0 Å². The molecule has 0 saturated heterocycles. The minimum Gasteiger partial charge on any atom is -0.345 e. The third kappa shape index (κ3) is 6.16. The molecule has 1 heterocycles. The maximum absolute atomic E-state index is 13.5. The zero-order valence-electron chi connectivity index (χ0n) is 19.6. The predicted octanol–water partition coefficient (Wildman–Crippen LogP) is 5.36. The lowest BCUT2D eigenvalue weighted by Crippen LogP contribution is -2.48. The number of nitrogens with zero attached hydrogens (tertiary/aromatic N) is 3. The Labute approximate surface area is 197 Å². The van der Waals surface area contributed by atoms with Crippen LogP contribution in [0.5, 0.6) is 0 Å². The lowest BCUT2D eigenvalue weighted by Gasteiger charge is -2.36. The van der Waals surface area contributed by atoms with Crippen molar-refractivity contribution in [3.63, 3.8) is 0 Å². The van der Waals surface area contributed by atoms with Gasteiger partial charge in [-0.25, -0.2) is 0 Å². The number of benzene rings is 1. The Balaban J connectivity index is 1.80. The first-order valence-corrected chi connectivity index (χ1v) is 12.2. The highest BCUT2D eigenvalue weighted by atomic mass is 35.5. The van der Waals surface area contributed by atoms with Crippen LogP contribution in [0.25, 0.3) is 0 Å². The quantitative estimate of drug-likeness (QED) is 0.509. The van der Waals surface area contributed by atoms with Gasteiger partial charge in [-0.15, -0.1) is 0 Å². The third-order valence-electron chi connectivity index (χ3n) is 6.40. The maximum Gasteiger partial charge on any atom is 0.242 e. The normalized spacial score (nSPS) is 14.5. The summed E-state index contributed by atoms with van der Waals surface area (Å²) in [5.41, 5.74) is 2.14. The molecule has 3 rings (SSSR count). The molecular formula is C26H36ClN3O2. The zero-order chi connectivity index (χ0) is 23.1. The maximum atomic E-state index is 13.5. The van der Waals surface area contributed by atoms with E-state index in [-0.39, 0.29) is 30.3 Å². The largest absolute Gasteiger partial charge is 0.345 e. The number of carbonyl (C=O) groups excluding carboxylic acids is 2. The van der Waals surface area contributed by atoms with Gasteiger partial charge in [-0.2, -0.15) is 0 Å². The number of hydrogen-bond acceptors (Lipinski definition) is 2. The third-order valence-corrected chi connectivity index (χ3v) is 6.77. The number of carbonyl (C=O) groups is 2. The summed E-state index contributed by atoms with van der Waals surface area (Å²) in [6.07, 6.45) is 7.63. The monoisotopic (exact) mass is 457 g/mol. The number of likely N-dealkylation sites (N-methyl/N-ethyl adjacent to an activating group) is 1. The number of amides is 2. The van der Waals surface area contributed by atoms with Crippen molar-refractivity contribution in [1.82, 2.24) is 14.4 Å². The summed E-state index contributed by atoms with van der Waals surface area (Å²) in [5.74, 6) is -0.0384. The lowest BCUT2D eigenvalue weighted by molar-refractivity contribution is -0.144. The predicted molar refractivity (Wildman–Crippen MR) is 130 cm³/mol. The van der Waals surface area contributed by atoms with Gasteiger partial charge >= 0.3 is 0 Å². The van der Waals surface area contributed by atoms with Gasteiger partial charge in [0.15, 0.2) is 0 Å².